The van der Waals surface area contributed by atoms with E-state index in [1.54, 1.807) is 48.6 Å². The van der Waals surface area contributed by atoms with E-state index in [1.165, 1.54) is 12.1 Å². The molecule has 0 aliphatic heterocycles. The van der Waals surface area contributed by atoms with Crippen LogP contribution in [0.3, 0.4) is 0 Å². The summed E-state index contributed by atoms with van der Waals surface area (Å²) < 4.78 is 0. The molecule has 0 saturated heterocycles. The summed E-state index contributed by atoms with van der Waals surface area (Å²) >= 11 is 0. The van der Waals surface area contributed by atoms with Crippen LogP contribution < -0.4 is 0 Å². The van der Waals surface area contributed by atoms with Gasteiger partial charge in [0.15, 0.2) is 0 Å². The van der Waals surface area contributed by atoms with E-state index < -0.39 is 11.9 Å². The lowest BCUT2D eigenvalue weighted by Crippen LogP contribution is -1.96. The average Bonchev–Trinajstić information content (AvgIpc) is 2.45. The summed E-state index contributed by atoms with van der Waals surface area (Å²) in [6.07, 6.45) is 3.49. The van der Waals surface area contributed by atoms with Gasteiger partial charge in [-0.1, -0.05) is 36.4 Å². The maximum absolute atomic E-state index is 10.9. The van der Waals surface area contributed by atoms with Crippen LogP contribution in [0.25, 0.3) is 12.2 Å². The van der Waals surface area contributed by atoms with Crippen LogP contribution in [-0.4, -0.2) is 22.2 Å². The van der Waals surface area contributed by atoms with Crippen LogP contribution in [-0.2, 0) is 0 Å². The average molecular weight is 268 g/mol. The topological polar surface area (TPSA) is 74.6 Å². The van der Waals surface area contributed by atoms with Crippen LogP contribution in [0.2, 0.25) is 0 Å². The third kappa shape index (κ3) is 3.32. The fourth-order valence-corrected chi connectivity index (χ4v) is 1.74. The Bertz CT molecular complexity index is 627. The second kappa shape index (κ2) is 5.84. The highest BCUT2D eigenvalue weighted by atomic mass is 16.4. The Labute approximate surface area is 115 Å². The molecule has 0 atom stereocenters. The predicted octanol–water partition coefficient (Wildman–Crippen LogP) is 3.25. The van der Waals surface area contributed by atoms with Crippen molar-refractivity contribution in [3.63, 3.8) is 0 Å². The predicted molar refractivity (Wildman–Crippen MR) is 75.7 cm³/mol. The Morgan fingerprint density at radius 1 is 0.750 bits per heavy atom. The van der Waals surface area contributed by atoms with Gasteiger partial charge in [-0.25, -0.2) is 9.59 Å². The van der Waals surface area contributed by atoms with Crippen LogP contribution in [0.1, 0.15) is 31.8 Å². The Hall–Kier alpha value is -2.88. The molecule has 2 N–H and O–H groups in total. The van der Waals surface area contributed by atoms with Gasteiger partial charge in [0.1, 0.15) is 0 Å². The Kier molecular flexibility index (Phi) is 3.96. The molecule has 0 unspecified atom stereocenters. The number of benzene rings is 2. The Balaban J connectivity index is 2.25. The second-order valence-corrected chi connectivity index (χ2v) is 4.19. The lowest BCUT2D eigenvalue weighted by molar-refractivity contribution is 0.0686. The first-order chi connectivity index (χ1) is 9.56. The van der Waals surface area contributed by atoms with Gasteiger partial charge >= 0.3 is 11.9 Å². The van der Waals surface area contributed by atoms with E-state index >= 15 is 0 Å². The molecule has 0 spiro atoms. The summed E-state index contributed by atoms with van der Waals surface area (Å²) in [5.74, 6) is -1.96. The van der Waals surface area contributed by atoms with Crippen molar-refractivity contribution in [2.45, 2.75) is 0 Å². The van der Waals surface area contributed by atoms with Gasteiger partial charge in [0.2, 0.25) is 0 Å². The van der Waals surface area contributed by atoms with E-state index in [9.17, 15) is 9.59 Å². The van der Waals surface area contributed by atoms with Gasteiger partial charge in [-0.05, 0) is 35.4 Å². The van der Waals surface area contributed by atoms with E-state index in [-0.39, 0.29) is 11.1 Å². The van der Waals surface area contributed by atoms with Gasteiger partial charge in [-0.3, -0.25) is 0 Å². The van der Waals surface area contributed by atoms with E-state index in [1.807, 2.05) is 0 Å². The largest absolute Gasteiger partial charge is 0.478 e. The normalized spacial score (nSPS) is 10.6. The number of carboxylic acid groups (broad SMARTS) is 2. The molecule has 2 aromatic rings. The molecule has 2 aromatic carbocycles. The molecule has 100 valence electrons. The van der Waals surface area contributed by atoms with Crippen molar-refractivity contribution in [3.8, 4) is 0 Å². The molecule has 0 fully saturated rings. The van der Waals surface area contributed by atoms with Crippen molar-refractivity contribution in [1.82, 2.24) is 0 Å². The maximum Gasteiger partial charge on any atom is 0.335 e. The van der Waals surface area contributed by atoms with E-state index in [0.717, 1.165) is 11.1 Å². The number of hydrogen-bond donors (Lipinski definition) is 2. The summed E-state index contributed by atoms with van der Waals surface area (Å²) in [6, 6.07) is 13.0. The molecular formula is C16H12O4. The summed E-state index contributed by atoms with van der Waals surface area (Å²) in [5, 5.41) is 17.8. The molecule has 0 aliphatic carbocycles. The molecular weight excluding hydrogens is 256 g/mol. The third-order valence-corrected chi connectivity index (χ3v) is 2.74. The van der Waals surface area contributed by atoms with Gasteiger partial charge in [0, 0.05) is 0 Å². The van der Waals surface area contributed by atoms with Gasteiger partial charge in [0.25, 0.3) is 0 Å². The van der Waals surface area contributed by atoms with Gasteiger partial charge in [-0.15, -0.1) is 0 Å². The van der Waals surface area contributed by atoms with Crippen LogP contribution in [0, 0.1) is 0 Å². The number of aromatic carboxylic acids is 2. The standard InChI is InChI=1S/C16H12O4/c17-15(18)13-5-1-3-11(9-13)7-8-12-4-2-6-14(10-12)16(19)20/h1-10H,(H,17,18)(H,19,20)/b8-7+. The summed E-state index contributed by atoms with van der Waals surface area (Å²) in [5.41, 5.74) is 1.91. The molecule has 4 nitrogen and oxygen atoms in total. The van der Waals surface area contributed by atoms with Crippen LogP contribution in [0.15, 0.2) is 48.5 Å². The van der Waals surface area contributed by atoms with Crippen molar-refractivity contribution >= 4 is 24.1 Å². The molecule has 0 aliphatic rings. The Morgan fingerprint density at radius 3 is 1.50 bits per heavy atom. The lowest BCUT2D eigenvalue weighted by Gasteiger charge is -1.98. The van der Waals surface area contributed by atoms with E-state index in [4.69, 9.17) is 10.2 Å². The van der Waals surface area contributed by atoms with Crippen molar-refractivity contribution < 1.29 is 19.8 Å². The first-order valence-electron chi connectivity index (χ1n) is 5.91. The lowest BCUT2D eigenvalue weighted by atomic mass is 10.1. The third-order valence-electron chi connectivity index (χ3n) is 2.74. The van der Waals surface area contributed by atoms with Crippen LogP contribution in [0.4, 0.5) is 0 Å². The summed E-state index contributed by atoms with van der Waals surface area (Å²) in [7, 11) is 0. The van der Waals surface area contributed by atoms with Gasteiger partial charge in [0.05, 0.1) is 11.1 Å². The maximum atomic E-state index is 10.9. The van der Waals surface area contributed by atoms with E-state index in [0.29, 0.717) is 0 Å². The zero-order valence-corrected chi connectivity index (χ0v) is 10.5. The highest BCUT2D eigenvalue weighted by molar-refractivity contribution is 5.90. The van der Waals surface area contributed by atoms with Crippen molar-refractivity contribution in [1.29, 1.82) is 0 Å². The zero-order chi connectivity index (χ0) is 14.5. The number of carbonyl (C=O) groups is 2. The number of hydrogen-bond acceptors (Lipinski definition) is 2. The second-order valence-electron chi connectivity index (χ2n) is 4.19. The van der Waals surface area contributed by atoms with Crippen LogP contribution in [0.5, 0.6) is 0 Å². The summed E-state index contributed by atoms with van der Waals surface area (Å²) in [6.45, 7) is 0. The monoisotopic (exact) mass is 268 g/mol. The number of rotatable bonds is 4. The van der Waals surface area contributed by atoms with Crippen molar-refractivity contribution in [2.75, 3.05) is 0 Å². The number of carboxylic acids is 2. The molecule has 0 saturated carbocycles. The van der Waals surface area contributed by atoms with Crippen molar-refractivity contribution in [2.24, 2.45) is 0 Å². The van der Waals surface area contributed by atoms with E-state index in [2.05, 4.69) is 0 Å². The first kappa shape index (κ1) is 13.5. The smallest absolute Gasteiger partial charge is 0.335 e. The molecule has 0 amide bonds. The first-order valence-corrected chi connectivity index (χ1v) is 5.91. The van der Waals surface area contributed by atoms with Gasteiger partial charge < -0.3 is 10.2 Å². The minimum Gasteiger partial charge on any atom is -0.478 e. The molecule has 4 heteroatoms. The minimum atomic E-state index is -0.979. The van der Waals surface area contributed by atoms with Crippen LogP contribution >= 0.6 is 0 Å². The SMILES string of the molecule is O=C(O)c1cccc(/C=C/c2cccc(C(=O)O)c2)c1. The van der Waals surface area contributed by atoms with Gasteiger partial charge in [-0.2, -0.15) is 0 Å². The minimum absolute atomic E-state index is 0.214. The summed E-state index contributed by atoms with van der Waals surface area (Å²) in [4.78, 5) is 21.7. The highest BCUT2D eigenvalue weighted by Gasteiger charge is 2.02. The molecule has 0 bridgehead atoms. The zero-order valence-electron chi connectivity index (χ0n) is 10.5. The fourth-order valence-electron chi connectivity index (χ4n) is 1.74. The quantitative estimate of drug-likeness (QED) is 0.835. The fraction of sp³-hybridized carbons (Fsp3) is 0. The molecule has 0 radical (unpaired) electrons. The Morgan fingerprint density at radius 2 is 1.15 bits per heavy atom. The molecule has 20 heavy (non-hydrogen) atoms. The highest BCUT2D eigenvalue weighted by Crippen LogP contribution is 2.12. The molecule has 0 heterocycles. The van der Waals surface area contributed by atoms with Crippen molar-refractivity contribution in [3.05, 3.63) is 70.8 Å². The molecule has 0 aromatic heterocycles. The molecule has 2 rings (SSSR count).